The highest BCUT2D eigenvalue weighted by Crippen LogP contribution is 2.39. The normalized spacial score (nSPS) is 51.9. The van der Waals surface area contributed by atoms with Gasteiger partial charge in [0.25, 0.3) is 0 Å². The van der Waals surface area contributed by atoms with Gasteiger partial charge in [0.2, 0.25) is 0 Å². The number of hydrogen-bond donors (Lipinski definition) is 2. The molecule has 3 rings (SSSR count). The summed E-state index contributed by atoms with van der Waals surface area (Å²) < 4.78 is 5.17. The monoisotopic (exact) mass is 199 g/mol. The first-order valence-corrected chi connectivity index (χ1v) is 4.99. The van der Waals surface area contributed by atoms with Gasteiger partial charge in [-0.1, -0.05) is 0 Å². The van der Waals surface area contributed by atoms with E-state index < -0.39 is 18.1 Å². The predicted octanol–water partition coefficient (Wildman–Crippen LogP) is -1.66. The van der Waals surface area contributed by atoms with E-state index in [9.17, 15) is 15.0 Å². The van der Waals surface area contributed by atoms with Crippen LogP contribution in [0.2, 0.25) is 0 Å². The van der Waals surface area contributed by atoms with Crippen LogP contribution in [0.15, 0.2) is 0 Å². The maximum absolute atomic E-state index is 11.4. The summed E-state index contributed by atoms with van der Waals surface area (Å²) in [5, 5.41) is 19.3. The molecule has 0 spiro atoms. The van der Waals surface area contributed by atoms with Gasteiger partial charge in [0.05, 0.1) is 18.2 Å². The van der Waals surface area contributed by atoms with Gasteiger partial charge in [-0.3, -0.25) is 9.69 Å². The number of ether oxygens (including phenoxy) is 1. The number of carbonyl (C=O) groups is 1. The average molecular weight is 199 g/mol. The zero-order valence-electron chi connectivity index (χ0n) is 7.67. The molecule has 0 bridgehead atoms. The van der Waals surface area contributed by atoms with Crippen molar-refractivity contribution in [2.75, 3.05) is 13.1 Å². The molecule has 2 N–H and O–H groups in total. The van der Waals surface area contributed by atoms with E-state index in [1.54, 1.807) is 0 Å². The molecule has 0 radical (unpaired) electrons. The second-order valence-electron chi connectivity index (χ2n) is 4.33. The molecule has 0 aromatic rings. The molecule has 5 atom stereocenters. The van der Waals surface area contributed by atoms with Gasteiger partial charge < -0.3 is 14.9 Å². The van der Waals surface area contributed by atoms with Crippen LogP contribution in [0.1, 0.15) is 6.42 Å². The maximum Gasteiger partial charge on any atom is 0.313 e. The summed E-state index contributed by atoms with van der Waals surface area (Å²) in [7, 11) is 0. The molecule has 5 nitrogen and oxygen atoms in total. The lowest BCUT2D eigenvalue weighted by atomic mass is 9.86. The minimum Gasteiger partial charge on any atom is -0.460 e. The molecule has 3 heterocycles. The molecule has 0 amide bonds. The molecule has 0 saturated carbocycles. The van der Waals surface area contributed by atoms with E-state index >= 15 is 0 Å². The molecule has 78 valence electrons. The van der Waals surface area contributed by atoms with Crippen LogP contribution in [-0.2, 0) is 9.53 Å². The van der Waals surface area contributed by atoms with Gasteiger partial charge in [0, 0.05) is 13.1 Å². The molecule has 0 aromatic carbocycles. The lowest BCUT2D eigenvalue weighted by Gasteiger charge is -2.37. The fraction of sp³-hybridized carbons (Fsp3) is 0.889. The molecule has 3 saturated heterocycles. The summed E-state index contributed by atoms with van der Waals surface area (Å²) in [5.74, 6) is -0.887. The molecule has 5 heteroatoms. The van der Waals surface area contributed by atoms with E-state index in [0.29, 0.717) is 6.54 Å². The summed E-state index contributed by atoms with van der Waals surface area (Å²) in [4.78, 5) is 13.5. The van der Waals surface area contributed by atoms with Crippen LogP contribution in [-0.4, -0.2) is 58.5 Å². The van der Waals surface area contributed by atoms with Crippen molar-refractivity contribution in [2.24, 2.45) is 5.92 Å². The molecular formula is C9H13NO4. The van der Waals surface area contributed by atoms with Crippen LogP contribution in [0.25, 0.3) is 0 Å². The lowest BCUT2D eigenvalue weighted by molar-refractivity contribution is -0.152. The Hall–Kier alpha value is -0.650. The Kier molecular flexibility index (Phi) is 1.66. The maximum atomic E-state index is 11.4. The molecule has 3 fully saturated rings. The van der Waals surface area contributed by atoms with E-state index in [0.717, 1.165) is 13.0 Å². The van der Waals surface area contributed by atoms with E-state index in [-0.39, 0.29) is 18.1 Å². The molecule has 0 aliphatic carbocycles. The van der Waals surface area contributed by atoms with Crippen LogP contribution in [0, 0.1) is 5.92 Å². The topological polar surface area (TPSA) is 70.0 Å². The van der Waals surface area contributed by atoms with Gasteiger partial charge in [0.15, 0.2) is 0 Å². The zero-order valence-corrected chi connectivity index (χ0v) is 7.67. The van der Waals surface area contributed by atoms with Crippen LogP contribution >= 0.6 is 0 Å². The van der Waals surface area contributed by atoms with Crippen molar-refractivity contribution in [2.45, 2.75) is 30.8 Å². The number of carbonyl (C=O) groups excluding carboxylic acids is 1. The van der Waals surface area contributed by atoms with E-state index in [2.05, 4.69) is 4.90 Å². The fourth-order valence-corrected chi connectivity index (χ4v) is 2.94. The summed E-state index contributed by atoms with van der Waals surface area (Å²) in [6, 6.07) is 0.000833. The van der Waals surface area contributed by atoms with Gasteiger partial charge in [-0.2, -0.15) is 0 Å². The van der Waals surface area contributed by atoms with Crippen molar-refractivity contribution >= 4 is 5.97 Å². The Morgan fingerprint density at radius 1 is 1.43 bits per heavy atom. The molecular weight excluding hydrogens is 186 g/mol. The second kappa shape index (κ2) is 2.68. The SMILES string of the molecule is O=C1O[C@H]2CCN3C[C@@H](O)[C@@H](O)[C@@H]1[C@@H]23. The van der Waals surface area contributed by atoms with Crippen LogP contribution in [0.5, 0.6) is 0 Å². The Labute approximate surface area is 81.3 Å². The number of aliphatic hydroxyl groups excluding tert-OH is 2. The molecule has 14 heavy (non-hydrogen) atoms. The Balaban J connectivity index is 1.96. The Morgan fingerprint density at radius 3 is 3.00 bits per heavy atom. The highest BCUT2D eigenvalue weighted by molar-refractivity contribution is 5.77. The number of rotatable bonds is 0. The number of esters is 1. The van der Waals surface area contributed by atoms with Gasteiger partial charge in [-0.15, -0.1) is 0 Å². The first-order valence-electron chi connectivity index (χ1n) is 4.99. The predicted molar refractivity (Wildman–Crippen MR) is 45.4 cm³/mol. The zero-order chi connectivity index (χ0) is 9.87. The second-order valence-corrected chi connectivity index (χ2v) is 4.33. The number of hydrogen-bond acceptors (Lipinski definition) is 5. The quantitative estimate of drug-likeness (QED) is 0.457. The lowest BCUT2D eigenvalue weighted by Crippen LogP contribution is -2.57. The molecule has 0 unspecified atom stereocenters. The van der Waals surface area contributed by atoms with E-state index in [1.165, 1.54) is 0 Å². The largest absolute Gasteiger partial charge is 0.460 e. The van der Waals surface area contributed by atoms with Crippen LogP contribution in [0.3, 0.4) is 0 Å². The van der Waals surface area contributed by atoms with Crippen molar-refractivity contribution in [3.8, 4) is 0 Å². The molecule has 0 aromatic heterocycles. The Morgan fingerprint density at radius 2 is 2.21 bits per heavy atom. The van der Waals surface area contributed by atoms with E-state index in [4.69, 9.17) is 4.74 Å². The number of nitrogens with zero attached hydrogens (tertiary/aromatic N) is 1. The van der Waals surface area contributed by atoms with Gasteiger partial charge in [-0.05, 0) is 6.42 Å². The highest BCUT2D eigenvalue weighted by Gasteiger charge is 2.58. The van der Waals surface area contributed by atoms with Crippen molar-refractivity contribution < 1.29 is 19.7 Å². The fourth-order valence-electron chi connectivity index (χ4n) is 2.94. The third-order valence-electron chi connectivity index (χ3n) is 3.59. The summed E-state index contributed by atoms with van der Waals surface area (Å²) in [6.07, 6.45) is -1.01. The van der Waals surface area contributed by atoms with Crippen LogP contribution in [0.4, 0.5) is 0 Å². The summed E-state index contributed by atoms with van der Waals surface area (Å²) in [5.41, 5.74) is 0. The third kappa shape index (κ3) is 0.920. The summed E-state index contributed by atoms with van der Waals surface area (Å²) in [6.45, 7) is 1.30. The molecule has 3 aliphatic rings. The number of aliphatic hydroxyl groups is 2. The van der Waals surface area contributed by atoms with Crippen molar-refractivity contribution in [3.05, 3.63) is 0 Å². The first kappa shape index (κ1) is 8.64. The van der Waals surface area contributed by atoms with Crippen molar-refractivity contribution in [1.29, 1.82) is 0 Å². The van der Waals surface area contributed by atoms with Gasteiger partial charge >= 0.3 is 5.97 Å². The van der Waals surface area contributed by atoms with Gasteiger partial charge in [-0.25, -0.2) is 0 Å². The minimum absolute atomic E-state index is 0.000833. The first-order chi connectivity index (χ1) is 6.68. The minimum atomic E-state index is -0.952. The number of piperidine rings is 1. The molecule has 3 aliphatic heterocycles. The summed E-state index contributed by atoms with van der Waals surface area (Å²) >= 11 is 0. The van der Waals surface area contributed by atoms with Crippen molar-refractivity contribution in [1.82, 2.24) is 4.90 Å². The van der Waals surface area contributed by atoms with Gasteiger partial charge in [0.1, 0.15) is 12.0 Å². The van der Waals surface area contributed by atoms with E-state index in [1.807, 2.05) is 0 Å². The van der Waals surface area contributed by atoms with Crippen LogP contribution < -0.4 is 0 Å². The highest BCUT2D eigenvalue weighted by atomic mass is 16.6. The average Bonchev–Trinajstić information content (AvgIpc) is 2.64. The smallest absolute Gasteiger partial charge is 0.313 e. The standard InChI is InChI=1S/C9H13NO4/c11-4-3-10-2-1-5-7(10)6(8(4)12)9(13)14-5/h4-8,11-12H,1-3H2/t4-,5+,6+,7-,8-/m1/s1. The van der Waals surface area contributed by atoms with Crippen molar-refractivity contribution in [3.63, 3.8) is 0 Å². The third-order valence-corrected chi connectivity index (χ3v) is 3.59. The Bertz CT molecular complexity index is 282.